The molecule has 1 aliphatic heterocycles. The Kier molecular flexibility index (Phi) is 7.01. The second-order valence-corrected chi connectivity index (χ2v) is 10.9. The van der Waals surface area contributed by atoms with E-state index >= 15 is 0 Å². The molecule has 3 aromatic carbocycles. The molecule has 1 aromatic heterocycles. The zero-order valence-corrected chi connectivity index (χ0v) is 24.2. The summed E-state index contributed by atoms with van der Waals surface area (Å²) in [5.41, 5.74) is 5.39. The van der Waals surface area contributed by atoms with Crippen LogP contribution in [-0.4, -0.2) is 43.1 Å². The molecular formula is C31H30N2O6S. The van der Waals surface area contributed by atoms with Crippen molar-refractivity contribution in [2.45, 2.75) is 33.7 Å². The molecule has 1 saturated heterocycles. The van der Waals surface area contributed by atoms with Crippen LogP contribution in [0.15, 0.2) is 48.0 Å². The van der Waals surface area contributed by atoms with Gasteiger partial charge in [0, 0.05) is 5.56 Å². The summed E-state index contributed by atoms with van der Waals surface area (Å²) < 4.78 is 17.6. The van der Waals surface area contributed by atoms with E-state index in [-0.39, 0.29) is 11.3 Å². The maximum atomic E-state index is 13.8. The van der Waals surface area contributed by atoms with Crippen LogP contribution in [-0.2, 0) is 9.59 Å². The summed E-state index contributed by atoms with van der Waals surface area (Å²) in [5, 5.41) is 12.0. The number of carbonyl (C=O) groups excluding carboxylic acids is 2. The lowest BCUT2D eigenvalue weighted by Crippen LogP contribution is -2.29. The van der Waals surface area contributed by atoms with E-state index in [1.54, 1.807) is 18.2 Å². The number of hydrogen-bond acceptors (Lipinski definition) is 8. The van der Waals surface area contributed by atoms with Gasteiger partial charge < -0.3 is 19.3 Å². The predicted octanol–water partition coefficient (Wildman–Crippen LogP) is 6.18. The van der Waals surface area contributed by atoms with E-state index in [0.29, 0.717) is 33.5 Å². The van der Waals surface area contributed by atoms with Crippen molar-refractivity contribution in [1.29, 1.82) is 0 Å². The molecule has 5 rings (SSSR count). The molecule has 1 N–H and O–H groups in total. The van der Waals surface area contributed by atoms with Crippen LogP contribution < -0.4 is 19.1 Å². The predicted molar refractivity (Wildman–Crippen MR) is 156 cm³/mol. The van der Waals surface area contributed by atoms with Crippen molar-refractivity contribution in [3.8, 4) is 17.2 Å². The quantitative estimate of drug-likeness (QED) is 0.171. The van der Waals surface area contributed by atoms with Crippen molar-refractivity contribution in [3.63, 3.8) is 0 Å². The number of thiazole rings is 1. The Bertz CT molecular complexity index is 1700. The number of aryl methyl sites for hydroxylation is 4. The van der Waals surface area contributed by atoms with Crippen LogP contribution in [0.4, 0.5) is 5.13 Å². The van der Waals surface area contributed by atoms with Crippen molar-refractivity contribution in [2.24, 2.45) is 0 Å². The average Bonchev–Trinajstić information content (AvgIpc) is 3.47. The number of hydrogen-bond donors (Lipinski definition) is 1. The van der Waals surface area contributed by atoms with E-state index in [0.717, 1.165) is 32.5 Å². The third kappa shape index (κ3) is 4.36. The lowest BCUT2D eigenvalue weighted by atomic mass is 9.93. The number of nitrogens with zero attached hydrogens (tertiary/aromatic N) is 2. The Hall–Kier alpha value is -4.37. The van der Waals surface area contributed by atoms with Crippen molar-refractivity contribution < 1.29 is 28.9 Å². The Morgan fingerprint density at radius 3 is 2.17 bits per heavy atom. The second-order valence-electron chi connectivity index (χ2n) is 9.87. The second kappa shape index (κ2) is 10.3. The maximum Gasteiger partial charge on any atom is 0.301 e. The molecule has 0 radical (unpaired) electrons. The Labute approximate surface area is 236 Å². The largest absolute Gasteiger partial charge is 0.507 e. The third-order valence-corrected chi connectivity index (χ3v) is 8.12. The third-order valence-electron chi connectivity index (χ3n) is 7.12. The molecule has 0 bridgehead atoms. The molecule has 1 atom stereocenters. The fraction of sp³-hybridized carbons (Fsp3) is 0.258. The summed E-state index contributed by atoms with van der Waals surface area (Å²) in [7, 11) is 4.48. The Morgan fingerprint density at radius 2 is 1.55 bits per heavy atom. The summed E-state index contributed by atoms with van der Waals surface area (Å²) in [4.78, 5) is 33.6. The van der Waals surface area contributed by atoms with E-state index < -0.39 is 17.7 Å². The standard InChI is InChI=1S/C31H30N2O6S/c1-15-8-9-17(3)20(11-15)27(34)24-26(19-13-21(37-5)29(39-7)22(14-19)38-6)33(30(36)28(24)35)31-32-25-18(4)10-16(2)12-23(25)40-31/h8-14,26,34H,1-7H3/b27-24+. The molecule has 9 heteroatoms. The molecule has 8 nitrogen and oxygen atoms in total. The van der Waals surface area contributed by atoms with Crippen LogP contribution in [0.1, 0.15) is 39.4 Å². The van der Waals surface area contributed by atoms with Gasteiger partial charge in [-0.3, -0.25) is 14.5 Å². The molecule has 206 valence electrons. The number of ether oxygens (including phenoxy) is 3. The zero-order valence-electron chi connectivity index (χ0n) is 23.4. The molecule has 40 heavy (non-hydrogen) atoms. The molecule has 1 aliphatic rings. The van der Waals surface area contributed by atoms with Gasteiger partial charge in [-0.05, 0) is 74.2 Å². The smallest absolute Gasteiger partial charge is 0.301 e. The molecule has 1 amide bonds. The summed E-state index contributed by atoms with van der Waals surface area (Å²) in [6.45, 7) is 7.71. The lowest BCUT2D eigenvalue weighted by Gasteiger charge is -2.24. The molecule has 0 saturated carbocycles. The fourth-order valence-electron chi connectivity index (χ4n) is 5.20. The number of Topliss-reactive ketones (excluding diaryl/α,β-unsaturated/α-hetero) is 1. The number of ketones is 1. The lowest BCUT2D eigenvalue weighted by molar-refractivity contribution is -0.132. The number of benzene rings is 3. The Morgan fingerprint density at radius 1 is 0.875 bits per heavy atom. The van der Waals surface area contributed by atoms with Gasteiger partial charge in [0.2, 0.25) is 5.75 Å². The van der Waals surface area contributed by atoms with Gasteiger partial charge in [-0.2, -0.15) is 0 Å². The number of anilines is 1. The summed E-state index contributed by atoms with van der Waals surface area (Å²) >= 11 is 1.32. The van der Waals surface area contributed by atoms with Crippen LogP contribution in [0.5, 0.6) is 17.2 Å². The van der Waals surface area contributed by atoms with Crippen LogP contribution in [0.2, 0.25) is 0 Å². The first-order valence-electron chi connectivity index (χ1n) is 12.7. The van der Waals surface area contributed by atoms with E-state index in [2.05, 4.69) is 0 Å². The Balaban J connectivity index is 1.82. The highest BCUT2D eigenvalue weighted by Crippen LogP contribution is 2.48. The number of fused-ring (bicyclic) bond motifs is 1. The monoisotopic (exact) mass is 558 g/mol. The van der Waals surface area contributed by atoms with Crippen molar-refractivity contribution in [2.75, 3.05) is 26.2 Å². The van der Waals surface area contributed by atoms with Crippen LogP contribution in [0.3, 0.4) is 0 Å². The number of amides is 1. The highest BCUT2D eigenvalue weighted by molar-refractivity contribution is 7.22. The van der Waals surface area contributed by atoms with Crippen LogP contribution in [0, 0.1) is 27.7 Å². The van der Waals surface area contributed by atoms with E-state index in [1.807, 2.05) is 52.0 Å². The normalized spacial score (nSPS) is 16.6. The first-order valence-corrected chi connectivity index (χ1v) is 13.5. The first kappa shape index (κ1) is 27.2. The molecule has 1 fully saturated rings. The van der Waals surface area contributed by atoms with Crippen molar-refractivity contribution in [3.05, 3.63) is 81.4 Å². The number of rotatable bonds is 6. The van der Waals surface area contributed by atoms with Gasteiger partial charge in [-0.1, -0.05) is 35.1 Å². The highest BCUT2D eigenvalue weighted by Gasteiger charge is 2.49. The van der Waals surface area contributed by atoms with Crippen molar-refractivity contribution in [1.82, 2.24) is 4.98 Å². The minimum absolute atomic E-state index is 0.0415. The molecule has 0 spiro atoms. The number of aromatic nitrogens is 1. The summed E-state index contributed by atoms with van der Waals surface area (Å²) in [6, 6.07) is 12.0. The minimum Gasteiger partial charge on any atom is -0.507 e. The van der Waals surface area contributed by atoms with Gasteiger partial charge in [0.1, 0.15) is 5.76 Å². The van der Waals surface area contributed by atoms with Gasteiger partial charge in [0.25, 0.3) is 5.78 Å². The first-order chi connectivity index (χ1) is 19.1. The molecule has 1 unspecified atom stereocenters. The number of carbonyl (C=O) groups is 2. The van der Waals surface area contributed by atoms with Gasteiger partial charge in [0.15, 0.2) is 16.6 Å². The summed E-state index contributed by atoms with van der Waals surface area (Å²) in [5.74, 6) is -0.765. The van der Waals surface area contributed by atoms with E-state index in [4.69, 9.17) is 19.2 Å². The van der Waals surface area contributed by atoms with E-state index in [9.17, 15) is 14.7 Å². The maximum absolute atomic E-state index is 13.8. The van der Waals surface area contributed by atoms with Crippen molar-refractivity contribution >= 4 is 44.1 Å². The SMILES string of the molecule is COc1cc(C2/C(=C(\O)c3cc(C)ccc3C)C(=O)C(=O)N2c2nc3c(C)cc(C)cc3s2)cc(OC)c1OC. The molecule has 0 aliphatic carbocycles. The van der Waals surface area contributed by atoms with Gasteiger partial charge >= 0.3 is 5.91 Å². The number of aliphatic hydroxyl groups excluding tert-OH is 1. The molecular weight excluding hydrogens is 528 g/mol. The molecule has 2 heterocycles. The summed E-state index contributed by atoms with van der Waals surface area (Å²) in [6.07, 6.45) is 0. The number of methoxy groups -OCH3 is 3. The van der Waals surface area contributed by atoms with E-state index in [1.165, 1.54) is 37.6 Å². The highest BCUT2D eigenvalue weighted by atomic mass is 32.1. The minimum atomic E-state index is -1.00. The topological polar surface area (TPSA) is 98.2 Å². The van der Waals surface area contributed by atoms with Crippen LogP contribution in [0.25, 0.3) is 16.0 Å². The van der Waals surface area contributed by atoms with Gasteiger partial charge in [-0.25, -0.2) is 4.98 Å². The van der Waals surface area contributed by atoms with Gasteiger partial charge in [0.05, 0.1) is 43.2 Å². The van der Waals surface area contributed by atoms with Crippen LogP contribution >= 0.6 is 11.3 Å². The zero-order chi connectivity index (χ0) is 28.9. The average molecular weight is 559 g/mol. The number of aliphatic hydroxyl groups is 1. The molecule has 4 aromatic rings. The fourth-order valence-corrected chi connectivity index (χ4v) is 6.37. The van der Waals surface area contributed by atoms with Gasteiger partial charge in [-0.15, -0.1) is 0 Å².